The smallest absolute Gasteiger partial charge is 0.228 e. The van der Waals surface area contributed by atoms with E-state index in [-0.39, 0.29) is 5.56 Å². The summed E-state index contributed by atoms with van der Waals surface area (Å²) in [4.78, 5) is 0. The van der Waals surface area contributed by atoms with Crippen LogP contribution < -0.4 is 5.14 Å². The molecule has 0 aromatic heterocycles. The Hall–Kier alpha value is -1.22. The van der Waals surface area contributed by atoms with Gasteiger partial charge in [0.05, 0.1) is 5.75 Å². The zero-order valence-electron chi connectivity index (χ0n) is 8.71. The van der Waals surface area contributed by atoms with E-state index in [1.807, 2.05) is 0 Å². The maximum atomic E-state index is 12.9. The molecule has 0 heterocycles. The second kappa shape index (κ2) is 4.47. The third kappa shape index (κ3) is 3.39. The lowest BCUT2D eigenvalue weighted by Gasteiger charge is -2.19. The average molecular weight is 289 g/mol. The number of benzene rings is 1. The number of nitrogens with two attached hydrogens (primary N) is 1. The lowest BCUT2D eigenvalue weighted by molar-refractivity contribution is -0.289. The van der Waals surface area contributed by atoms with E-state index >= 15 is 0 Å². The maximum Gasteiger partial charge on any atom is 0.458 e. The van der Waals surface area contributed by atoms with Gasteiger partial charge in [-0.3, -0.25) is 0 Å². The Balaban J connectivity index is 3.04. The fraction of sp³-hybridized carbons (Fsp3) is 0.333. The topological polar surface area (TPSA) is 60.2 Å². The van der Waals surface area contributed by atoms with E-state index in [0.29, 0.717) is 12.1 Å². The molecule has 0 atom stereocenters. The number of rotatable bonds is 3. The molecule has 0 bridgehead atoms. The van der Waals surface area contributed by atoms with Crippen molar-refractivity contribution in [1.82, 2.24) is 0 Å². The van der Waals surface area contributed by atoms with Gasteiger partial charge in [0.15, 0.2) is 0 Å². The summed E-state index contributed by atoms with van der Waals surface area (Å²) in [7, 11) is -3.86. The van der Waals surface area contributed by atoms with Crippen LogP contribution in [0.5, 0.6) is 0 Å². The van der Waals surface area contributed by atoms with E-state index in [4.69, 9.17) is 5.14 Å². The largest absolute Gasteiger partial charge is 0.458 e. The zero-order chi connectivity index (χ0) is 14.2. The molecule has 1 rings (SSSR count). The summed E-state index contributed by atoms with van der Waals surface area (Å²) in [5.74, 6) is -5.61. The summed E-state index contributed by atoms with van der Waals surface area (Å²) in [6, 6.07) is 2.76. The summed E-state index contributed by atoms with van der Waals surface area (Å²) in [5, 5.41) is 4.70. The normalized spacial score (nSPS) is 13.7. The quantitative estimate of drug-likeness (QED) is 0.866. The molecule has 0 spiro atoms. The first-order valence-electron chi connectivity index (χ1n) is 4.48. The van der Waals surface area contributed by atoms with Crippen molar-refractivity contribution in [1.29, 1.82) is 0 Å². The lowest BCUT2D eigenvalue weighted by atomic mass is 10.1. The minimum atomic E-state index is -5.70. The van der Waals surface area contributed by atoms with Gasteiger partial charge in [0, 0.05) is 5.56 Å². The highest BCUT2D eigenvalue weighted by Crippen LogP contribution is 2.43. The van der Waals surface area contributed by atoms with Crippen LogP contribution >= 0.6 is 0 Å². The molecular formula is C9H8F5NO2S. The SMILES string of the molecule is NS(=O)(=O)Cc1ccc(C(F)(F)C(F)(F)F)cc1. The van der Waals surface area contributed by atoms with Crippen LogP contribution in [0, 0.1) is 0 Å². The molecule has 2 N–H and O–H groups in total. The van der Waals surface area contributed by atoms with Crippen LogP contribution in [0.4, 0.5) is 22.0 Å². The highest BCUT2D eigenvalue weighted by atomic mass is 32.2. The van der Waals surface area contributed by atoms with Gasteiger partial charge in [0.25, 0.3) is 0 Å². The highest BCUT2D eigenvalue weighted by molar-refractivity contribution is 7.88. The Labute approximate surface area is 99.5 Å². The monoisotopic (exact) mass is 289 g/mol. The predicted molar refractivity (Wildman–Crippen MR) is 53.2 cm³/mol. The number of sulfonamides is 1. The molecule has 1 aromatic rings. The standard InChI is InChI=1S/C9H8F5NO2S/c10-8(11,9(12,13)14)7-3-1-6(2-4-7)5-18(15,16)17/h1-4H,5H2,(H2,15,16,17). The Morgan fingerprint density at radius 3 is 1.78 bits per heavy atom. The van der Waals surface area contributed by atoms with Gasteiger partial charge < -0.3 is 0 Å². The third-order valence-corrected chi connectivity index (χ3v) is 2.78. The van der Waals surface area contributed by atoms with Crippen LogP contribution in [0.3, 0.4) is 0 Å². The van der Waals surface area contributed by atoms with Gasteiger partial charge in [-0.15, -0.1) is 0 Å². The van der Waals surface area contributed by atoms with E-state index in [0.717, 1.165) is 12.1 Å². The fourth-order valence-corrected chi connectivity index (χ4v) is 1.86. The summed E-state index contributed by atoms with van der Waals surface area (Å²) < 4.78 is 83.2. The first-order chi connectivity index (χ1) is 7.93. The third-order valence-electron chi connectivity index (χ3n) is 2.04. The Morgan fingerprint density at radius 1 is 1.00 bits per heavy atom. The molecule has 0 amide bonds. The van der Waals surface area contributed by atoms with Crippen molar-refractivity contribution in [3.8, 4) is 0 Å². The van der Waals surface area contributed by atoms with Crippen molar-refractivity contribution in [2.45, 2.75) is 17.9 Å². The molecule has 18 heavy (non-hydrogen) atoms. The van der Waals surface area contributed by atoms with Crippen molar-refractivity contribution in [2.24, 2.45) is 5.14 Å². The average Bonchev–Trinajstić information content (AvgIpc) is 2.14. The molecule has 0 saturated carbocycles. The van der Waals surface area contributed by atoms with E-state index in [1.165, 1.54) is 0 Å². The minimum absolute atomic E-state index is 0.0271. The van der Waals surface area contributed by atoms with Crippen LogP contribution in [0.25, 0.3) is 0 Å². The van der Waals surface area contributed by atoms with Gasteiger partial charge in [-0.1, -0.05) is 24.3 Å². The predicted octanol–water partition coefficient (Wildman–Crippen LogP) is 2.13. The van der Waals surface area contributed by atoms with Crippen LogP contribution in [0.1, 0.15) is 11.1 Å². The number of hydrogen-bond acceptors (Lipinski definition) is 2. The molecule has 0 fully saturated rings. The molecular weight excluding hydrogens is 281 g/mol. The second-order valence-electron chi connectivity index (χ2n) is 3.58. The zero-order valence-corrected chi connectivity index (χ0v) is 9.52. The van der Waals surface area contributed by atoms with Gasteiger partial charge in [-0.05, 0) is 5.56 Å². The van der Waals surface area contributed by atoms with Crippen molar-refractivity contribution in [3.63, 3.8) is 0 Å². The Kier molecular flexibility index (Phi) is 3.68. The molecule has 0 aliphatic rings. The molecule has 0 aliphatic heterocycles. The Morgan fingerprint density at radius 2 is 1.44 bits per heavy atom. The first kappa shape index (κ1) is 14.8. The van der Waals surface area contributed by atoms with Gasteiger partial charge in [-0.25, -0.2) is 13.6 Å². The van der Waals surface area contributed by atoms with Crippen molar-refractivity contribution < 1.29 is 30.4 Å². The van der Waals surface area contributed by atoms with E-state index in [1.54, 1.807) is 0 Å². The molecule has 102 valence electrons. The van der Waals surface area contributed by atoms with Crippen molar-refractivity contribution in [2.75, 3.05) is 0 Å². The summed E-state index contributed by atoms with van der Waals surface area (Å²) in [6.07, 6.45) is -5.70. The van der Waals surface area contributed by atoms with Gasteiger partial charge in [0.1, 0.15) is 0 Å². The van der Waals surface area contributed by atoms with Crippen LogP contribution in [-0.4, -0.2) is 14.6 Å². The van der Waals surface area contributed by atoms with Crippen molar-refractivity contribution >= 4 is 10.0 Å². The van der Waals surface area contributed by atoms with Gasteiger partial charge in [0.2, 0.25) is 10.0 Å². The lowest BCUT2D eigenvalue weighted by Crippen LogP contribution is -2.33. The summed E-state index contributed by atoms with van der Waals surface area (Å²) in [5.41, 5.74) is -1.23. The van der Waals surface area contributed by atoms with E-state index in [9.17, 15) is 30.4 Å². The van der Waals surface area contributed by atoms with Crippen molar-refractivity contribution in [3.05, 3.63) is 35.4 Å². The van der Waals surface area contributed by atoms with Crippen LogP contribution in [0.2, 0.25) is 0 Å². The number of primary sulfonamides is 1. The number of hydrogen-bond donors (Lipinski definition) is 1. The van der Waals surface area contributed by atoms with E-state index in [2.05, 4.69) is 0 Å². The molecule has 0 radical (unpaired) electrons. The fourth-order valence-electron chi connectivity index (χ4n) is 1.21. The minimum Gasteiger partial charge on any atom is -0.228 e. The number of halogens is 5. The maximum absolute atomic E-state index is 12.9. The van der Waals surface area contributed by atoms with Crippen LogP contribution in [0.15, 0.2) is 24.3 Å². The highest BCUT2D eigenvalue weighted by Gasteiger charge is 2.58. The van der Waals surface area contributed by atoms with E-state index < -0.39 is 33.4 Å². The van der Waals surface area contributed by atoms with Crippen LogP contribution in [-0.2, 0) is 21.7 Å². The van der Waals surface area contributed by atoms with Gasteiger partial charge in [-0.2, -0.15) is 22.0 Å². The summed E-state index contributed by atoms with van der Waals surface area (Å²) >= 11 is 0. The molecule has 0 unspecified atom stereocenters. The molecule has 0 saturated heterocycles. The summed E-state index contributed by atoms with van der Waals surface area (Å²) in [6.45, 7) is 0. The molecule has 3 nitrogen and oxygen atoms in total. The molecule has 1 aromatic carbocycles. The first-order valence-corrected chi connectivity index (χ1v) is 6.19. The second-order valence-corrected chi connectivity index (χ2v) is 5.19. The molecule has 0 aliphatic carbocycles. The van der Waals surface area contributed by atoms with Gasteiger partial charge >= 0.3 is 12.1 Å². The number of alkyl halides is 5. The molecule has 9 heteroatoms. The Bertz CT molecular complexity index is 521.